The van der Waals surface area contributed by atoms with E-state index in [1.54, 1.807) is 24.3 Å². The molecule has 2 nitrogen and oxygen atoms in total. The van der Waals surface area contributed by atoms with Crippen molar-refractivity contribution in [2.45, 2.75) is 51.4 Å². The average molecular weight is 298 g/mol. The van der Waals surface area contributed by atoms with Gasteiger partial charge in [-0.05, 0) is 60.1 Å². The molecule has 0 unspecified atom stereocenters. The van der Waals surface area contributed by atoms with Crippen LogP contribution < -0.4 is 0 Å². The molecule has 0 bridgehead atoms. The summed E-state index contributed by atoms with van der Waals surface area (Å²) in [6, 6.07) is 15.2. The molecular weight excluding hydrogens is 272 g/mol. The van der Waals surface area contributed by atoms with Crippen LogP contribution in [-0.2, 0) is 0 Å². The highest BCUT2D eigenvalue weighted by Crippen LogP contribution is 2.39. The van der Waals surface area contributed by atoms with Crippen LogP contribution in [0.3, 0.4) is 0 Å². The number of phenols is 2. The third-order valence-corrected chi connectivity index (χ3v) is 4.44. The molecule has 0 aliphatic carbocycles. The van der Waals surface area contributed by atoms with Crippen LogP contribution in [0, 0.1) is 0 Å². The van der Waals surface area contributed by atoms with E-state index in [1.165, 1.54) is 24.0 Å². The molecule has 2 aromatic rings. The average Bonchev–Trinajstić information content (AvgIpc) is 2.54. The number of benzene rings is 2. The van der Waals surface area contributed by atoms with Crippen LogP contribution in [0.1, 0.15) is 62.5 Å². The summed E-state index contributed by atoms with van der Waals surface area (Å²) in [5.41, 5.74) is 2.56. The van der Waals surface area contributed by atoms with Crippen molar-refractivity contribution >= 4 is 0 Å². The highest BCUT2D eigenvalue weighted by atomic mass is 16.3. The van der Waals surface area contributed by atoms with E-state index < -0.39 is 0 Å². The lowest BCUT2D eigenvalue weighted by Crippen LogP contribution is -2.11. The van der Waals surface area contributed by atoms with E-state index in [2.05, 4.69) is 13.8 Å². The molecule has 0 aliphatic rings. The summed E-state index contributed by atoms with van der Waals surface area (Å²) in [5.74, 6) is 1.50. The molecule has 2 atom stereocenters. The molecule has 22 heavy (non-hydrogen) atoms. The van der Waals surface area contributed by atoms with Crippen molar-refractivity contribution in [1.82, 2.24) is 0 Å². The SMILES string of the molecule is CCCC[C@H](c1ccc(O)cc1)[C@@H](CC)c1ccc(O)cc1. The van der Waals surface area contributed by atoms with Gasteiger partial charge in [0.1, 0.15) is 11.5 Å². The second kappa shape index (κ2) is 7.88. The van der Waals surface area contributed by atoms with Gasteiger partial charge in [0.25, 0.3) is 0 Å². The molecule has 0 saturated heterocycles. The minimum Gasteiger partial charge on any atom is -0.508 e. The first kappa shape index (κ1) is 16.4. The van der Waals surface area contributed by atoms with Crippen molar-refractivity contribution in [3.05, 3.63) is 59.7 Å². The van der Waals surface area contributed by atoms with Gasteiger partial charge in [-0.2, -0.15) is 0 Å². The van der Waals surface area contributed by atoms with Gasteiger partial charge in [0.05, 0.1) is 0 Å². The number of hydrogen-bond donors (Lipinski definition) is 2. The third kappa shape index (κ3) is 4.03. The summed E-state index contributed by atoms with van der Waals surface area (Å²) in [6.45, 7) is 4.44. The van der Waals surface area contributed by atoms with Crippen LogP contribution in [-0.4, -0.2) is 10.2 Å². The van der Waals surface area contributed by atoms with Gasteiger partial charge in [-0.15, -0.1) is 0 Å². The standard InChI is InChI=1S/C20H26O2/c1-3-5-6-20(16-9-13-18(22)14-10-16)19(4-2)15-7-11-17(21)12-8-15/h7-14,19-22H,3-6H2,1-2H3/t19-,20+/m0/s1. The first-order valence-corrected chi connectivity index (χ1v) is 8.23. The van der Waals surface area contributed by atoms with Gasteiger partial charge in [-0.25, -0.2) is 0 Å². The molecule has 2 heteroatoms. The van der Waals surface area contributed by atoms with Gasteiger partial charge >= 0.3 is 0 Å². The lowest BCUT2D eigenvalue weighted by Gasteiger charge is -2.27. The summed E-state index contributed by atoms with van der Waals surface area (Å²) in [4.78, 5) is 0. The molecular formula is C20H26O2. The van der Waals surface area contributed by atoms with Gasteiger partial charge in [0.2, 0.25) is 0 Å². The maximum atomic E-state index is 9.53. The summed E-state index contributed by atoms with van der Waals surface area (Å²) in [5, 5.41) is 19.0. The van der Waals surface area contributed by atoms with Crippen LogP contribution in [0.4, 0.5) is 0 Å². The summed E-state index contributed by atoms with van der Waals surface area (Å²) >= 11 is 0. The van der Waals surface area contributed by atoms with E-state index in [-0.39, 0.29) is 0 Å². The van der Waals surface area contributed by atoms with Crippen LogP contribution in [0.25, 0.3) is 0 Å². The monoisotopic (exact) mass is 298 g/mol. The number of phenolic OH excluding ortho intramolecular Hbond substituents is 2. The van der Waals surface area contributed by atoms with Gasteiger partial charge in [-0.3, -0.25) is 0 Å². The van der Waals surface area contributed by atoms with Crippen LogP contribution in [0.5, 0.6) is 11.5 Å². The van der Waals surface area contributed by atoms with Crippen molar-refractivity contribution < 1.29 is 10.2 Å². The van der Waals surface area contributed by atoms with Gasteiger partial charge in [0, 0.05) is 0 Å². The number of unbranched alkanes of at least 4 members (excludes halogenated alkanes) is 1. The molecule has 118 valence electrons. The lowest BCUT2D eigenvalue weighted by molar-refractivity contribution is 0.462. The predicted molar refractivity (Wildman–Crippen MR) is 91.5 cm³/mol. The minimum atomic E-state index is 0.313. The van der Waals surface area contributed by atoms with E-state index >= 15 is 0 Å². The Morgan fingerprint density at radius 1 is 0.727 bits per heavy atom. The molecule has 2 rings (SSSR count). The summed E-state index contributed by atoms with van der Waals surface area (Å²) < 4.78 is 0. The van der Waals surface area contributed by atoms with E-state index in [0.29, 0.717) is 23.3 Å². The fraction of sp³-hybridized carbons (Fsp3) is 0.400. The zero-order chi connectivity index (χ0) is 15.9. The molecule has 0 spiro atoms. The highest BCUT2D eigenvalue weighted by molar-refractivity contribution is 5.34. The Balaban J connectivity index is 2.32. The number of rotatable bonds is 7. The quantitative estimate of drug-likeness (QED) is 0.702. The van der Waals surface area contributed by atoms with Crippen LogP contribution >= 0.6 is 0 Å². The smallest absolute Gasteiger partial charge is 0.115 e. The highest BCUT2D eigenvalue weighted by Gasteiger charge is 2.23. The van der Waals surface area contributed by atoms with E-state index in [0.717, 1.165) is 12.8 Å². The molecule has 0 fully saturated rings. The maximum absolute atomic E-state index is 9.53. The molecule has 0 aliphatic heterocycles. The van der Waals surface area contributed by atoms with Crippen LogP contribution in [0.15, 0.2) is 48.5 Å². The van der Waals surface area contributed by atoms with Crippen molar-refractivity contribution in [3.8, 4) is 11.5 Å². The molecule has 0 radical (unpaired) electrons. The topological polar surface area (TPSA) is 40.5 Å². The molecule has 0 aromatic heterocycles. The van der Waals surface area contributed by atoms with Gasteiger partial charge in [-0.1, -0.05) is 51.0 Å². The first-order valence-electron chi connectivity index (χ1n) is 8.23. The molecule has 0 saturated carbocycles. The fourth-order valence-electron chi connectivity index (χ4n) is 3.22. The van der Waals surface area contributed by atoms with Gasteiger partial charge < -0.3 is 10.2 Å². The van der Waals surface area contributed by atoms with E-state index in [1.807, 2.05) is 24.3 Å². The van der Waals surface area contributed by atoms with E-state index in [4.69, 9.17) is 0 Å². The summed E-state index contributed by atoms with van der Waals surface area (Å²) in [7, 11) is 0. The number of aromatic hydroxyl groups is 2. The van der Waals surface area contributed by atoms with E-state index in [9.17, 15) is 10.2 Å². The Kier molecular flexibility index (Phi) is 5.88. The molecule has 2 N–H and O–H groups in total. The minimum absolute atomic E-state index is 0.313. The molecule has 0 amide bonds. The van der Waals surface area contributed by atoms with Gasteiger partial charge in [0.15, 0.2) is 0 Å². The molecule has 0 heterocycles. The Morgan fingerprint density at radius 2 is 1.18 bits per heavy atom. The van der Waals surface area contributed by atoms with Crippen molar-refractivity contribution in [3.63, 3.8) is 0 Å². The Labute approximate surface area is 133 Å². The zero-order valence-corrected chi connectivity index (χ0v) is 13.5. The van der Waals surface area contributed by atoms with Crippen molar-refractivity contribution in [1.29, 1.82) is 0 Å². The van der Waals surface area contributed by atoms with Crippen molar-refractivity contribution in [2.75, 3.05) is 0 Å². The Bertz CT molecular complexity index is 557. The first-order chi connectivity index (χ1) is 10.7. The Hall–Kier alpha value is -1.96. The second-order valence-electron chi connectivity index (χ2n) is 5.95. The second-order valence-corrected chi connectivity index (χ2v) is 5.95. The predicted octanol–water partition coefficient (Wildman–Crippen LogP) is 5.57. The fourth-order valence-corrected chi connectivity index (χ4v) is 3.22. The summed E-state index contributed by atoms with van der Waals surface area (Å²) in [6.07, 6.45) is 4.57. The van der Waals surface area contributed by atoms with Crippen LogP contribution in [0.2, 0.25) is 0 Å². The Morgan fingerprint density at radius 3 is 1.59 bits per heavy atom. The largest absolute Gasteiger partial charge is 0.508 e. The number of hydrogen-bond acceptors (Lipinski definition) is 2. The third-order valence-electron chi connectivity index (χ3n) is 4.44. The lowest BCUT2D eigenvalue weighted by atomic mass is 9.77. The maximum Gasteiger partial charge on any atom is 0.115 e. The van der Waals surface area contributed by atoms with Crippen molar-refractivity contribution in [2.24, 2.45) is 0 Å². The zero-order valence-electron chi connectivity index (χ0n) is 13.5. The normalized spacial score (nSPS) is 13.7. The molecule has 2 aromatic carbocycles.